The van der Waals surface area contributed by atoms with E-state index in [1.807, 2.05) is 6.92 Å². The van der Waals surface area contributed by atoms with Gasteiger partial charge in [0, 0.05) is 5.92 Å². The largest absolute Gasteiger partial charge is 0.481 e. The minimum atomic E-state index is -0.810. The number of hydrogen-bond acceptors (Lipinski definition) is 2. The number of aliphatic carboxylic acids is 1. The highest BCUT2D eigenvalue weighted by Crippen LogP contribution is 2.34. The lowest BCUT2D eigenvalue weighted by Crippen LogP contribution is -2.49. The Labute approximate surface area is 121 Å². The van der Waals surface area contributed by atoms with Gasteiger partial charge in [0.05, 0.1) is 12.0 Å². The van der Waals surface area contributed by atoms with Crippen molar-refractivity contribution in [1.82, 2.24) is 5.32 Å². The van der Waals surface area contributed by atoms with Gasteiger partial charge >= 0.3 is 5.97 Å². The zero-order valence-corrected chi connectivity index (χ0v) is 12.5. The minimum Gasteiger partial charge on any atom is -0.481 e. The average Bonchev–Trinajstić information content (AvgIpc) is 3.00. The van der Waals surface area contributed by atoms with Crippen molar-refractivity contribution in [2.75, 3.05) is 0 Å². The lowest BCUT2D eigenvalue weighted by molar-refractivity contribution is -0.139. The van der Waals surface area contributed by atoms with Crippen molar-refractivity contribution in [3.05, 3.63) is 0 Å². The lowest BCUT2D eigenvalue weighted by atomic mass is 9.90. The highest BCUT2D eigenvalue weighted by Gasteiger charge is 2.38. The molecule has 114 valence electrons. The van der Waals surface area contributed by atoms with Gasteiger partial charge in [0.1, 0.15) is 0 Å². The number of amides is 1. The maximum atomic E-state index is 12.4. The van der Waals surface area contributed by atoms with Crippen LogP contribution in [0.2, 0.25) is 0 Å². The molecule has 0 bridgehead atoms. The first kappa shape index (κ1) is 15.3. The van der Waals surface area contributed by atoms with Crippen LogP contribution in [0.5, 0.6) is 0 Å². The van der Waals surface area contributed by atoms with Crippen LogP contribution in [-0.2, 0) is 9.59 Å². The Hall–Kier alpha value is -1.06. The molecule has 0 heterocycles. The normalized spacial score (nSPS) is 23.6. The molecule has 0 aliphatic heterocycles. The molecular formula is C16H27NO3. The van der Waals surface area contributed by atoms with E-state index in [-0.39, 0.29) is 18.2 Å². The van der Waals surface area contributed by atoms with E-state index in [4.69, 9.17) is 5.11 Å². The van der Waals surface area contributed by atoms with Gasteiger partial charge in [0.25, 0.3) is 0 Å². The van der Waals surface area contributed by atoms with Gasteiger partial charge in [-0.1, -0.05) is 45.4 Å². The summed E-state index contributed by atoms with van der Waals surface area (Å²) in [6.45, 7) is 1.98. The Balaban J connectivity index is 1.88. The van der Waals surface area contributed by atoms with Gasteiger partial charge < -0.3 is 10.4 Å². The van der Waals surface area contributed by atoms with E-state index in [9.17, 15) is 9.59 Å². The topological polar surface area (TPSA) is 66.4 Å². The number of carboxylic acid groups (broad SMARTS) is 1. The molecule has 4 nitrogen and oxygen atoms in total. The third-order valence-corrected chi connectivity index (χ3v) is 5.05. The second-order valence-electron chi connectivity index (χ2n) is 6.83. The number of rotatable bonds is 6. The van der Waals surface area contributed by atoms with Crippen molar-refractivity contribution < 1.29 is 14.7 Å². The van der Waals surface area contributed by atoms with Gasteiger partial charge in [0.15, 0.2) is 0 Å². The summed E-state index contributed by atoms with van der Waals surface area (Å²) in [4.78, 5) is 23.4. The van der Waals surface area contributed by atoms with Crippen molar-refractivity contribution in [1.29, 1.82) is 0 Å². The molecule has 0 radical (unpaired) electrons. The Kier molecular flexibility index (Phi) is 5.06. The molecule has 2 saturated carbocycles. The van der Waals surface area contributed by atoms with Crippen LogP contribution in [-0.4, -0.2) is 22.5 Å². The van der Waals surface area contributed by atoms with E-state index in [0.29, 0.717) is 5.92 Å². The molecule has 0 saturated heterocycles. The fourth-order valence-electron chi connectivity index (χ4n) is 3.92. The van der Waals surface area contributed by atoms with E-state index >= 15 is 0 Å². The van der Waals surface area contributed by atoms with Crippen LogP contribution in [0.1, 0.15) is 71.1 Å². The predicted molar refractivity (Wildman–Crippen MR) is 77.3 cm³/mol. The first-order chi connectivity index (χ1) is 9.51. The van der Waals surface area contributed by atoms with Crippen LogP contribution in [0.15, 0.2) is 0 Å². The predicted octanol–water partition coefficient (Wildman–Crippen LogP) is 3.11. The quantitative estimate of drug-likeness (QED) is 0.786. The van der Waals surface area contributed by atoms with Crippen molar-refractivity contribution in [3.8, 4) is 0 Å². The molecule has 2 fully saturated rings. The van der Waals surface area contributed by atoms with Crippen LogP contribution >= 0.6 is 0 Å². The summed E-state index contributed by atoms with van der Waals surface area (Å²) in [6, 6.07) is 0. The molecule has 1 atom stereocenters. The maximum Gasteiger partial charge on any atom is 0.305 e. The standard InChI is InChI=1S/C16H27NO3/c1-12(10-13-6-2-3-7-13)15(20)17-16(11-14(18)19)8-4-5-9-16/h12-13H,2-11H2,1H3,(H,17,20)(H,18,19). The molecule has 1 unspecified atom stereocenters. The van der Waals surface area contributed by atoms with Crippen molar-refractivity contribution in [3.63, 3.8) is 0 Å². The SMILES string of the molecule is CC(CC1CCCC1)C(=O)NC1(CC(=O)O)CCCC1. The first-order valence-electron chi connectivity index (χ1n) is 8.05. The summed E-state index contributed by atoms with van der Waals surface area (Å²) in [5, 5.41) is 12.1. The molecular weight excluding hydrogens is 254 g/mol. The number of hydrogen-bond donors (Lipinski definition) is 2. The van der Waals surface area contributed by atoms with Crippen molar-refractivity contribution in [2.45, 2.75) is 76.7 Å². The average molecular weight is 281 g/mol. The Morgan fingerprint density at radius 1 is 1.20 bits per heavy atom. The molecule has 4 heteroatoms. The summed E-state index contributed by atoms with van der Waals surface area (Å²) in [5.41, 5.74) is -0.479. The number of carbonyl (C=O) groups excluding carboxylic acids is 1. The van der Waals surface area contributed by atoms with Crippen LogP contribution in [0.3, 0.4) is 0 Å². The first-order valence-corrected chi connectivity index (χ1v) is 8.05. The van der Waals surface area contributed by atoms with E-state index in [0.717, 1.165) is 32.1 Å². The molecule has 20 heavy (non-hydrogen) atoms. The fraction of sp³-hybridized carbons (Fsp3) is 0.875. The van der Waals surface area contributed by atoms with Crippen LogP contribution in [0.4, 0.5) is 0 Å². The van der Waals surface area contributed by atoms with Gasteiger partial charge in [-0.3, -0.25) is 9.59 Å². The molecule has 1 amide bonds. The molecule has 0 aromatic carbocycles. The van der Waals surface area contributed by atoms with E-state index in [2.05, 4.69) is 5.32 Å². The van der Waals surface area contributed by atoms with Gasteiger partial charge in [-0.2, -0.15) is 0 Å². The van der Waals surface area contributed by atoms with Gasteiger partial charge in [0.2, 0.25) is 5.91 Å². The molecule has 0 aromatic heterocycles. The highest BCUT2D eigenvalue weighted by atomic mass is 16.4. The third kappa shape index (κ3) is 3.97. The lowest BCUT2D eigenvalue weighted by Gasteiger charge is -2.30. The summed E-state index contributed by atoms with van der Waals surface area (Å²) in [6.07, 6.45) is 9.75. The number of carboxylic acids is 1. The zero-order valence-electron chi connectivity index (χ0n) is 12.5. The molecule has 2 aliphatic rings. The molecule has 0 spiro atoms. The summed E-state index contributed by atoms with van der Waals surface area (Å²) in [5.74, 6) is -0.0604. The summed E-state index contributed by atoms with van der Waals surface area (Å²) < 4.78 is 0. The van der Waals surface area contributed by atoms with Crippen LogP contribution < -0.4 is 5.32 Å². The Morgan fingerprint density at radius 2 is 1.80 bits per heavy atom. The number of nitrogens with one attached hydrogen (secondary N) is 1. The summed E-state index contributed by atoms with van der Waals surface area (Å²) >= 11 is 0. The molecule has 2 rings (SSSR count). The van der Waals surface area contributed by atoms with E-state index < -0.39 is 11.5 Å². The van der Waals surface area contributed by atoms with Crippen molar-refractivity contribution in [2.24, 2.45) is 11.8 Å². The fourth-order valence-corrected chi connectivity index (χ4v) is 3.92. The smallest absolute Gasteiger partial charge is 0.305 e. The number of carbonyl (C=O) groups is 2. The second-order valence-corrected chi connectivity index (χ2v) is 6.83. The Bertz CT molecular complexity index is 355. The van der Waals surface area contributed by atoms with Gasteiger partial charge in [-0.25, -0.2) is 0 Å². The second kappa shape index (κ2) is 6.59. The monoisotopic (exact) mass is 281 g/mol. The van der Waals surface area contributed by atoms with Crippen molar-refractivity contribution >= 4 is 11.9 Å². The molecule has 0 aromatic rings. The highest BCUT2D eigenvalue weighted by molar-refractivity contribution is 5.80. The maximum absolute atomic E-state index is 12.4. The minimum absolute atomic E-state index is 0.00405. The Morgan fingerprint density at radius 3 is 2.35 bits per heavy atom. The molecule has 2 N–H and O–H groups in total. The van der Waals surface area contributed by atoms with E-state index in [1.165, 1.54) is 25.7 Å². The summed E-state index contributed by atoms with van der Waals surface area (Å²) in [7, 11) is 0. The van der Waals surface area contributed by atoms with E-state index in [1.54, 1.807) is 0 Å². The van der Waals surface area contributed by atoms with Crippen LogP contribution in [0.25, 0.3) is 0 Å². The van der Waals surface area contributed by atoms with Gasteiger partial charge in [-0.15, -0.1) is 0 Å². The van der Waals surface area contributed by atoms with Crippen LogP contribution in [0, 0.1) is 11.8 Å². The van der Waals surface area contributed by atoms with Gasteiger partial charge in [-0.05, 0) is 25.2 Å². The third-order valence-electron chi connectivity index (χ3n) is 5.05. The molecule has 2 aliphatic carbocycles. The zero-order chi connectivity index (χ0) is 14.6.